The van der Waals surface area contributed by atoms with E-state index in [1.54, 1.807) is 12.5 Å². The van der Waals surface area contributed by atoms with Crippen molar-refractivity contribution in [1.82, 2.24) is 5.32 Å². The molecule has 12 heavy (non-hydrogen) atoms. The summed E-state index contributed by atoms with van der Waals surface area (Å²) in [6.07, 6.45) is 5.00. The van der Waals surface area contributed by atoms with Gasteiger partial charge < -0.3 is 5.32 Å². The van der Waals surface area contributed by atoms with Crippen LogP contribution < -0.4 is 5.32 Å². The highest BCUT2D eigenvalue weighted by Crippen LogP contribution is 1.89. The molecule has 3 heteroatoms. The number of hydrogen-bond acceptors (Lipinski definition) is 2. The Morgan fingerprint density at radius 3 is 2.75 bits per heavy atom. The summed E-state index contributed by atoms with van der Waals surface area (Å²) in [4.78, 5) is 8.18. The first-order chi connectivity index (χ1) is 5.77. The molecule has 0 saturated heterocycles. The fraction of sp³-hybridized carbons (Fsp3) is 0.556. The molecule has 0 unspecified atom stereocenters. The largest absolute Gasteiger partial charge is 0.354 e. The normalized spacial score (nSPS) is 11.6. The van der Waals surface area contributed by atoms with E-state index in [4.69, 9.17) is 0 Å². The molecule has 68 valence electrons. The summed E-state index contributed by atoms with van der Waals surface area (Å²) in [6.45, 7) is 9.27. The fourth-order valence-corrected chi connectivity index (χ4v) is 0.548. The molecule has 0 amide bonds. The van der Waals surface area contributed by atoms with Crippen molar-refractivity contribution in [3.05, 3.63) is 12.8 Å². The third-order valence-corrected chi connectivity index (χ3v) is 1.07. The predicted molar refractivity (Wildman–Crippen MR) is 54.9 cm³/mol. The van der Waals surface area contributed by atoms with Crippen LogP contribution in [0.15, 0.2) is 22.8 Å². The first-order valence-corrected chi connectivity index (χ1v) is 4.11. The van der Waals surface area contributed by atoms with E-state index in [0.717, 1.165) is 6.54 Å². The summed E-state index contributed by atoms with van der Waals surface area (Å²) in [5.41, 5.74) is 0. The van der Waals surface area contributed by atoms with E-state index in [0.29, 0.717) is 12.5 Å². The standard InChI is InChI=1S/C9H17N3/c1-4-10-8-12-6-5-11-7-9(2)3/h4-5,8-9H,1,6-7H2,2-3H3,(H,10,12). The highest BCUT2D eigenvalue weighted by atomic mass is 14.9. The minimum atomic E-state index is 0.622. The van der Waals surface area contributed by atoms with Gasteiger partial charge in [-0.1, -0.05) is 20.4 Å². The molecule has 0 fully saturated rings. The summed E-state index contributed by atoms with van der Waals surface area (Å²) in [5.74, 6) is 0.622. The van der Waals surface area contributed by atoms with Gasteiger partial charge in [-0.2, -0.15) is 0 Å². The lowest BCUT2D eigenvalue weighted by Gasteiger charge is -1.95. The van der Waals surface area contributed by atoms with E-state index in [2.05, 4.69) is 35.7 Å². The maximum Gasteiger partial charge on any atom is 0.0867 e. The predicted octanol–water partition coefficient (Wildman–Crippen LogP) is 1.47. The van der Waals surface area contributed by atoms with E-state index in [1.165, 1.54) is 0 Å². The van der Waals surface area contributed by atoms with Gasteiger partial charge in [0.1, 0.15) is 0 Å². The molecule has 0 aromatic heterocycles. The lowest BCUT2D eigenvalue weighted by Crippen LogP contribution is -2.00. The molecule has 0 aromatic carbocycles. The first kappa shape index (κ1) is 10.9. The summed E-state index contributed by atoms with van der Waals surface area (Å²) < 4.78 is 0. The topological polar surface area (TPSA) is 36.8 Å². The van der Waals surface area contributed by atoms with Crippen LogP contribution in [0.4, 0.5) is 0 Å². The van der Waals surface area contributed by atoms with Crippen LogP contribution in [0, 0.1) is 5.92 Å². The maximum atomic E-state index is 4.18. The Morgan fingerprint density at radius 1 is 1.42 bits per heavy atom. The molecule has 0 atom stereocenters. The molecular formula is C9H17N3. The third-order valence-electron chi connectivity index (χ3n) is 1.07. The van der Waals surface area contributed by atoms with E-state index < -0.39 is 0 Å². The summed E-state index contributed by atoms with van der Waals surface area (Å²) >= 11 is 0. The lowest BCUT2D eigenvalue weighted by molar-refractivity contribution is 0.666. The third kappa shape index (κ3) is 8.88. The van der Waals surface area contributed by atoms with Gasteiger partial charge in [0.15, 0.2) is 0 Å². The molecule has 0 aliphatic carbocycles. The van der Waals surface area contributed by atoms with Crippen LogP contribution in [0.2, 0.25) is 0 Å². The molecule has 0 spiro atoms. The Labute approximate surface area is 74.3 Å². The van der Waals surface area contributed by atoms with Crippen molar-refractivity contribution in [2.45, 2.75) is 13.8 Å². The molecule has 0 heterocycles. The van der Waals surface area contributed by atoms with Gasteiger partial charge in [0.2, 0.25) is 0 Å². The Morgan fingerprint density at radius 2 is 2.17 bits per heavy atom. The van der Waals surface area contributed by atoms with Crippen LogP contribution in [0.1, 0.15) is 13.8 Å². The Bertz CT molecular complexity index is 159. The molecule has 0 rings (SSSR count). The zero-order chi connectivity index (χ0) is 9.23. The highest BCUT2D eigenvalue weighted by Gasteiger charge is 1.86. The van der Waals surface area contributed by atoms with E-state index in [1.807, 2.05) is 6.21 Å². The quantitative estimate of drug-likeness (QED) is 0.472. The average molecular weight is 167 g/mol. The number of rotatable bonds is 6. The van der Waals surface area contributed by atoms with Crippen LogP contribution in [0.5, 0.6) is 0 Å². The zero-order valence-electron chi connectivity index (χ0n) is 7.83. The minimum Gasteiger partial charge on any atom is -0.354 e. The second-order valence-electron chi connectivity index (χ2n) is 2.81. The van der Waals surface area contributed by atoms with Crippen LogP contribution >= 0.6 is 0 Å². The van der Waals surface area contributed by atoms with Gasteiger partial charge in [-0.05, 0) is 12.1 Å². The summed E-state index contributed by atoms with van der Waals surface area (Å²) in [6, 6.07) is 0. The number of hydrogen-bond donors (Lipinski definition) is 1. The van der Waals surface area contributed by atoms with Crippen molar-refractivity contribution in [3.8, 4) is 0 Å². The molecule has 0 saturated carbocycles. The molecule has 3 nitrogen and oxygen atoms in total. The van der Waals surface area contributed by atoms with Crippen molar-refractivity contribution in [2.24, 2.45) is 15.9 Å². The second kappa shape index (κ2) is 7.98. The van der Waals surface area contributed by atoms with Crippen LogP contribution in [-0.4, -0.2) is 25.6 Å². The van der Waals surface area contributed by atoms with E-state index in [9.17, 15) is 0 Å². The number of aliphatic imine (C=N–C) groups is 2. The van der Waals surface area contributed by atoms with Crippen molar-refractivity contribution < 1.29 is 0 Å². The van der Waals surface area contributed by atoms with Crippen LogP contribution in [0.25, 0.3) is 0 Å². The molecule has 0 aliphatic heterocycles. The number of nitrogens with zero attached hydrogens (tertiary/aromatic N) is 2. The molecule has 0 aliphatic rings. The van der Waals surface area contributed by atoms with Crippen molar-refractivity contribution in [1.29, 1.82) is 0 Å². The smallest absolute Gasteiger partial charge is 0.0867 e. The van der Waals surface area contributed by atoms with Crippen LogP contribution in [0.3, 0.4) is 0 Å². The SMILES string of the molecule is C=CNC=NCC=NCC(C)C. The van der Waals surface area contributed by atoms with Gasteiger partial charge in [0.05, 0.1) is 12.9 Å². The van der Waals surface area contributed by atoms with Gasteiger partial charge in [-0.15, -0.1) is 0 Å². The summed E-state index contributed by atoms with van der Waals surface area (Å²) in [5, 5.41) is 2.76. The van der Waals surface area contributed by atoms with Crippen molar-refractivity contribution in [3.63, 3.8) is 0 Å². The zero-order valence-corrected chi connectivity index (χ0v) is 7.83. The van der Waals surface area contributed by atoms with E-state index in [-0.39, 0.29) is 0 Å². The molecular weight excluding hydrogens is 150 g/mol. The molecule has 0 bridgehead atoms. The second-order valence-corrected chi connectivity index (χ2v) is 2.81. The number of nitrogens with one attached hydrogen (secondary N) is 1. The average Bonchev–Trinajstić information content (AvgIpc) is 2.02. The first-order valence-electron chi connectivity index (χ1n) is 4.11. The van der Waals surface area contributed by atoms with Crippen molar-refractivity contribution in [2.75, 3.05) is 13.1 Å². The van der Waals surface area contributed by atoms with Gasteiger partial charge in [-0.3, -0.25) is 9.98 Å². The van der Waals surface area contributed by atoms with Gasteiger partial charge >= 0.3 is 0 Å². The van der Waals surface area contributed by atoms with Crippen molar-refractivity contribution >= 4 is 12.6 Å². The maximum absolute atomic E-state index is 4.18. The fourth-order valence-electron chi connectivity index (χ4n) is 0.548. The monoisotopic (exact) mass is 167 g/mol. The molecule has 0 radical (unpaired) electrons. The Hall–Kier alpha value is -1.12. The Kier molecular flexibility index (Phi) is 7.24. The van der Waals surface area contributed by atoms with E-state index >= 15 is 0 Å². The minimum absolute atomic E-state index is 0.622. The lowest BCUT2D eigenvalue weighted by atomic mass is 10.2. The molecule has 0 aromatic rings. The van der Waals surface area contributed by atoms with Gasteiger partial charge in [-0.25, -0.2) is 0 Å². The molecule has 1 N–H and O–H groups in total. The summed E-state index contributed by atoms with van der Waals surface area (Å²) in [7, 11) is 0. The van der Waals surface area contributed by atoms with Crippen LogP contribution in [-0.2, 0) is 0 Å². The highest BCUT2D eigenvalue weighted by molar-refractivity contribution is 5.64. The Balaban J connectivity index is 3.29. The van der Waals surface area contributed by atoms with Gasteiger partial charge in [0.25, 0.3) is 0 Å². The van der Waals surface area contributed by atoms with Gasteiger partial charge in [0, 0.05) is 12.8 Å².